The average Bonchev–Trinajstić information content (AvgIpc) is 2.22. The molecule has 0 aromatic heterocycles. The van der Waals surface area contributed by atoms with Gasteiger partial charge < -0.3 is 11.5 Å². The van der Waals surface area contributed by atoms with Crippen LogP contribution in [0.25, 0.3) is 0 Å². The summed E-state index contributed by atoms with van der Waals surface area (Å²) < 4.78 is 0. The van der Waals surface area contributed by atoms with E-state index in [4.69, 9.17) is 40.1 Å². The van der Waals surface area contributed by atoms with Crippen LogP contribution < -0.4 is 11.5 Å². The van der Waals surface area contributed by atoms with Gasteiger partial charge in [0.2, 0.25) is 5.96 Å². The predicted molar refractivity (Wildman–Crippen MR) is 67.4 cm³/mol. The lowest BCUT2D eigenvalue weighted by Gasteiger charge is -2.15. The maximum Gasteiger partial charge on any atom is 0.203 e. The van der Waals surface area contributed by atoms with E-state index in [0.717, 1.165) is 0 Å². The fourth-order valence-electron chi connectivity index (χ4n) is 0.893. The molecule has 0 heterocycles. The molecule has 1 aromatic rings. The maximum atomic E-state index is 7.18. The largest absolute Gasteiger partial charge is 0.370 e. The Morgan fingerprint density at radius 2 is 2.00 bits per heavy atom. The zero-order valence-corrected chi connectivity index (χ0v) is 10.0. The SMILES string of the molecule is CN(C(=N)N)C(N)=Nc1cc(Cl)ccc1Cl. The van der Waals surface area contributed by atoms with Crippen molar-refractivity contribution in [2.45, 2.75) is 0 Å². The van der Waals surface area contributed by atoms with Crippen LogP contribution in [0.4, 0.5) is 5.69 Å². The molecule has 0 bridgehead atoms. The van der Waals surface area contributed by atoms with E-state index in [0.29, 0.717) is 15.7 Å². The summed E-state index contributed by atoms with van der Waals surface area (Å²) in [6, 6.07) is 4.84. The van der Waals surface area contributed by atoms with Gasteiger partial charge in [-0.3, -0.25) is 10.3 Å². The number of guanidine groups is 2. The molecule has 0 spiro atoms. The quantitative estimate of drug-likeness (QED) is 0.530. The standard InChI is InChI=1S/C9H11Cl2N5/c1-16(8(12)13)9(14)15-7-4-5(10)2-3-6(7)11/h2-4H,1H3,(H3,12,13)(H2,14,15). The van der Waals surface area contributed by atoms with Crippen LogP contribution in [0.15, 0.2) is 23.2 Å². The first-order chi connectivity index (χ1) is 7.41. The van der Waals surface area contributed by atoms with Crippen molar-refractivity contribution in [3.05, 3.63) is 28.2 Å². The summed E-state index contributed by atoms with van der Waals surface area (Å²) in [5.41, 5.74) is 11.3. The zero-order chi connectivity index (χ0) is 12.3. The van der Waals surface area contributed by atoms with Gasteiger partial charge in [0.1, 0.15) is 0 Å². The van der Waals surface area contributed by atoms with Gasteiger partial charge in [0.15, 0.2) is 5.96 Å². The van der Waals surface area contributed by atoms with Crippen LogP contribution in [0.3, 0.4) is 0 Å². The summed E-state index contributed by atoms with van der Waals surface area (Å²) in [6.45, 7) is 0. The molecule has 1 aromatic carbocycles. The van der Waals surface area contributed by atoms with Crippen molar-refractivity contribution in [3.63, 3.8) is 0 Å². The summed E-state index contributed by atoms with van der Waals surface area (Å²) in [6.07, 6.45) is 0. The van der Waals surface area contributed by atoms with Crippen LogP contribution in [0.1, 0.15) is 0 Å². The summed E-state index contributed by atoms with van der Waals surface area (Å²) in [5, 5.41) is 8.10. The highest BCUT2D eigenvalue weighted by Crippen LogP contribution is 2.27. The van der Waals surface area contributed by atoms with E-state index in [1.165, 1.54) is 11.9 Å². The van der Waals surface area contributed by atoms with Gasteiger partial charge in [0.25, 0.3) is 0 Å². The number of hydrogen-bond acceptors (Lipinski definition) is 2. The Hall–Kier alpha value is -1.46. The van der Waals surface area contributed by atoms with E-state index < -0.39 is 0 Å². The third kappa shape index (κ3) is 3.01. The molecule has 86 valence electrons. The van der Waals surface area contributed by atoms with Gasteiger partial charge in [-0.1, -0.05) is 23.2 Å². The Morgan fingerprint density at radius 1 is 1.38 bits per heavy atom. The van der Waals surface area contributed by atoms with E-state index in [2.05, 4.69) is 4.99 Å². The molecule has 7 heteroatoms. The number of nitrogens with one attached hydrogen (secondary N) is 1. The lowest BCUT2D eigenvalue weighted by molar-refractivity contribution is 0.724. The van der Waals surface area contributed by atoms with Crippen molar-refractivity contribution in [1.82, 2.24) is 4.90 Å². The summed E-state index contributed by atoms with van der Waals surface area (Å²) in [5.74, 6) is -0.143. The minimum atomic E-state index is -0.209. The molecule has 1 rings (SSSR count). The number of benzene rings is 1. The second-order valence-electron chi connectivity index (χ2n) is 3.01. The number of aliphatic imine (C=N–C) groups is 1. The second-order valence-corrected chi connectivity index (χ2v) is 3.85. The average molecular weight is 260 g/mol. The number of rotatable bonds is 1. The highest BCUT2D eigenvalue weighted by atomic mass is 35.5. The molecule has 0 aliphatic carbocycles. The Labute approximate surface area is 103 Å². The Balaban J connectivity index is 3.06. The number of halogens is 2. The first-order valence-corrected chi connectivity index (χ1v) is 5.04. The van der Waals surface area contributed by atoms with Gasteiger partial charge in [-0.2, -0.15) is 0 Å². The topological polar surface area (TPSA) is 91.5 Å². The highest BCUT2D eigenvalue weighted by molar-refractivity contribution is 6.35. The molecule has 0 amide bonds. The molecule has 0 aliphatic rings. The summed E-state index contributed by atoms with van der Waals surface area (Å²) in [4.78, 5) is 5.24. The van der Waals surface area contributed by atoms with Gasteiger partial charge in [0.05, 0.1) is 10.7 Å². The molecule has 5 nitrogen and oxygen atoms in total. The van der Waals surface area contributed by atoms with E-state index >= 15 is 0 Å². The van der Waals surface area contributed by atoms with Crippen LogP contribution in [0, 0.1) is 5.41 Å². The Morgan fingerprint density at radius 3 is 2.56 bits per heavy atom. The van der Waals surface area contributed by atoms with E-state index in [1.54, 1.807) is 18.2 Å². The lowest BCUT2D eigenvalue weighted by Crippen LogP contribution is -2.42. The third-order valence-electron chi connectivity index (χ3n) is 1.85. The Kier molecular flexibility index (Phi) is 3.98. The van der Waals surface area contributed by atoms with Crippen molar-refractivity contribution >= 4 is 40.8 Å². The van der Waals surface area contributed by atoms with Gasteiger partial charge in [0, 0.05) is 12.1 Å². The zero-order valence-electron chi connectivity index (χ0n) is 8.54. The molecule has 0 saturated carbocycles. The Bertz CT molecular complexity index is 444. The molecule has 0 radical (unpaired) electrons. The molecular formula is C9H11Cl2N5. The van der Waals surface area contributed by atoms with Crippen molar-refractivity contribution < 1.29 is 0 Å². The van der Waals surface area contributed by atoms with Gasteiger partial charge >= 0.3 is 0 Å². The van der Waals surface area contributed by atoms with Crippen LogP contribution in [-0.4, -0.2) is 23.9 Å². The van der Waals surface area contributed by atoms with Crippen LogP contribution >= 0.6 is 23.2 Å². The number of hydrogen-bond donors (Lipinski definition) is 3. The minimum Gasteiger partial charge on any atom is -0.370 e. The fraction of sp³-hybridized carbons (Fsp3) is 0.111. The van der Waals surface area contributed by atoms with Crippen molar-refractivity contribution in [2.75, 3.05) is 7.05 Å². The van der Waals surface area contributed by atoms with Crippen molar-refractivity contribution in [3.8, 4) is 0 Å². The normalized spacial score (nSPS) is 11.3. The van der Waals surface area contributed by atoms with Gasteiger partial charge in [-0.05, 0) is 18.2 Å². The molecule has 0 saturated heterocycles. The molecule has 16 heavy (non-hydrogen) atoms. The molecule has 5 N–H and O–H groups in total. The second kappa shape index (κ2) is 5.05. The van der Waals surface area contributed by atoms with Crippen LogP contribution in [-0.2, 0) is 0 Å². The van der Waals surface area contributed by atoms with Crippen molar-refractivity contribution in [1.29, 1.82) is 5.41 Å². The first kappa shape index (κ1) is 12.6. The van der Waals surface area contributed by atoms with Crippen molar-refractivity contribution in [2.24, 2.45) is 16.5 Å². The van der Waals surface area contributed by atoms with Crippen LogP contribution in [0.2, 0.25) is 10.0 Å². The smallest absolute Gasteiger partial charge is 0.203 e. The van der Waals surface area contributed by atoms with Crippen LogP contribution in [0.5, 0.6) is 0 Å². The number of nitrogens with two attached hydrogens (primary N) is 2. The molecule has 0 aliphatic heterocycles. The first-order valence-electron chi connectivity index (χ1n) is 4.28. The molecule has 0 fully saturated rings. The van der Waals surface area contributed by atoms with E-state index in [1.807, 2.05) is 0 Å². The molecule has 0 unspecified atom stereocenters. The number of nitrogens with zero attached hydrogens (tertiary/aromatic N) is 2. The maximum absolute atomic E-state index is 7.18. The van der Waals surface area contributed by atoms with Gasteiger partial charge in [-0.15, -0.1) is 0 Å². The monoisotopic (exact) mass is 259 g/mol. The highest BCUT2D eigenvalue weighted by Gasteiger charge is 2.06. The molecular weight excluding hydrogens is 249 g/mol. The summed E-state index contributed by atoms with van der Waals surface area (Å²) in [7, 11) is 1.53. The molecule has 0 atom stereocenters. The van der Waals surface area contributed by atoms with E-state index in [9.17, 15) is 0 Å². The minimum absolute atomic E-state index is 0.0664. The van der Waals surface area contributed by atoms with Gasteiger partial charge in [-0.25, -0.2) is 4.99 Å². The lowest BCUT2D eigenvalue weighted by atomic mass is 10.3. The third-order valence-corrected chi connectivity index (χ3v) is 2.40. The van der Waals surface area contributed by atoms with E-state index in [-0.39, 0.29) is 11.9 Å². The predicted octanol–water partition coefficient (Wildman–Crippen LogP) is 1.76. The summed E-state index contributed by atoms with van der Waals surface area (Å²) >= 11 is 11.7. The fourth-order valence-corrected chi connectivity index (χ4v) is 1.22.